The number of rotatable bonds is 9. The molecule has 0 aliphatic rings. The van der Waals surface area contributed by atoms with E-state index in [1.54, 1.807) is 17.9 Å². The maximum absolute atomic E-state index is 13.3. The van der Waals surface area contributed by atoms with Gasteiger partial charge >= 0.3 is 0 Å². The summed E-state index contributed by atoms with van der Waals surface area (Å²) in [4.78, 5) is 29.6. The van der Waals surface area contributed by atoms with Gasteiger partial charge in [-0.3, -0.25) is 9.59 Å². The number of aryl methyl sites for hydroxylation is 1. The lowest BCUT2D eigenvalue weighted by Crippen LogP contribution is -2.42. The van der Waals surface area contributed by atoms with Crippen LogP contribution in [0.4, 0.5) is 5.82 Å². The Labute approximate surface area is 176 Å². The first kappa shape index (κ1) is 21.5. The predicted molar refractivity (Wildman–Crippen MR) is 118 cm³/mol. The van der Waals surface area contributed by atoms with Gasteiger partial charge in [-0.1, -0.05) is 49.3 Å². The molecular weight excluding hydrogens is 380 g/mol. The maximum Gasteiger partial charge on any atom is 0.254 e. The molecule has 0 spiro atoms. The van der Waals surface area contributed by atoms with Crippen molar-refractivity contribution in [3.63, 3.8) is 0 Å². The standard InChI is InChI=1S/C23H28N4O3/c1-4-26(5-2)12-13-27(16-22(28)24-21-14-17(3)30-25-21)23(29)20-11-10-18-8-6-7-9-19(18)15-20/h6-11,14-15H,4-5,12-13,16H2,1-3H3,(H,24,25,28). The van der Waals surface area contributed by atoms with Crippen molar-refractivity contribution in [3.05, 3.63) is 59.9 Å². The van der Waals surface area contributed by atoms with E-state index < -0.39 is 0 Å². The van der Waals surface area contributed by atoms with Crippen LogP contribution in [0.15, 0.2) is 53.1 Å². The summed E-state index contributed by atoms with van der Waals surface area (Å²) >= 11 is 0. The fourth-order valence-electron chi connectivity index (χ4n) is 3.34. The number of carbonyl (C=O) groups is 2. The summed E-state index contributed by atoms with van der Waals surface area (Å²) in [6.07, 6.45) is 0. The molecule has 1 aromatic heterocycles. The Hall–Kier alpha value is -3.19. The van der Waals surface area contributed by atoms with E-state index in [4.69, 9.17) is 4.52 Å². The van der Waals surface area contributed by atoms with Crippen LogP contribution in [-0.2, 0) is 4.79 Å². The van der Waals surface area contributed by atoms with Gasteiger partial charge in [0.2, 0.25) is 5.91 Å². The average Bonchev–Trinajstić information content (AvgIpc) is 3.17. The Kier molecular flexibility index (Phi) is 7.19. The van der Waals surface area contributed by atoms with E-state index in [0.717, 1.165) is 23.9 Å². The van der Waals surface area contributed by atoms with E-state index in [-0.39, 0.29) is 18.4 Å². The molecule has 0 atom stereocenters. The second-order valence-electron chi connectivity index (χ2n) is 7.19. The highest BCUT2D eigenvalue weighted by molar-refractivity contribution is 6.01. The number of aromatic nitrogens is 1. The van der Waals surface area contributed by atoms with Gasteiger partial charge in [0.1, 0.15) is 12.3 Å². The minimum Gasteiger partial charge on any atom is -0.360 e. The van der Waals surface area contributed by atoms with Crippen molar-refractivity contribution < 1.29 is 14.1 Å². The average molecular weight is 409 g/mol. The van der Waals surface area contributed by atoms with Crippen molar-refractivity contribution in [1.82, 2.24) is 15.0 Å². The van der Waals surface area contributed by atoms with Gasteiger partial charge in [-0.15, -0.1) is 0 Å². The predicted octanol–water partition coefficient (Wildman–Crippen LogP) is 3.56. The Morgan fingerprint density at radius 3 is 2.40 bits per heavy atom. The number of amides is 2. The summed E-state index contributed by atoms with van der Waals surface area (Å²) in [7, 11) is 0. The molecule has 1 heterocycles. The molecule has 0 bridgehead atoms. The normalized spacial score (nSPS) is 11.1. The first-order chi connectivity index (χ1) is 14.5. The minimum absolute atomic E-state index is 0.0567. The van der Waals surface area contributed by atoms with Crippen LogP contribution in [0.5, 0.6) is 0 Å². The molecule has 7 heteroatoms. The van der Waals surface area contributed by atoms with Gasteiger partial charge < -0.3 is 19.6 Å². The topological polar surface area (TPSA) is 78.7 Å². The summed E-state index contributed by atoms with van der Waals surface area (Å²) in [6.45, 7) is 8.79. The highest BCUT2D eigenvalue weighted by atomic mass is 16.5. The summed E-state index contributed by atoms with van der Waals surface area (Å²) in [5.41, 5.74) is 0.568. The zero-order valence-corrected chi connectivity index (χ0v) is 17.7. The van der Waals surface area contributed by atoms with Crippen molar-refractivity contribution in [2.45, 2.75) is 20.8 Å². The van der Waals surface area contributed by atoms with Gasteiger partial charge in [0.25, 0.3) is 5.91 Å². The smallest absolute Gasteiger partial charge is 0.254 e. The number of carbonyl (C=O) groups excluding carboxylic acids is 2. The first-order valence-electron chi connectivity index (χ1n) is 10.2. The Morgan fingerprint density at radius 1 is 1.00 bits per heavy atom. The Balaban J connectivity index is 1.77. The van der Waals surface area contributed by atoms with Gasteiger partial charge in [-0.05, 0) is 42.9 Å². The van der Waals surface area contributed by atoms with E-state index in [1.165, 1.54) is 0 Å². The summed E-state index contributed by atoms with van der Waals surface area (Å²) in [5.74, 6) is 0.478. The molecule has 1 N–H and O–H groups in total. The largest absolute Gasteiger partial charge is 0.360 e. The molecule has 0 aliphatic heterocycles. The van der Waals surface area contributed by atoms with E-state index in [0.29, 0.717) is 30.2 Å². The lowest BCUT2D eigenvalue weighted by molar-refractivity contribution is -0.117. The van der Waals surface area contributed by atoms with E-state index in [9.17, 15) is 9.59 Å². The third-order valence-corrected chi connectivity index (χ3v) is 5.09. The van der Waals surface area contributed by atoms with Crippen molar-refractivity contribution in [2.75, 3.05) is 38.0 Å². The van der Waals surface area contributed by atoms with Gasteiger partial charge in [0.05, 0.1) is 0 Å². The molecule has 0 aliphatic carbocycles. The van der Waals surface area contributed by atoms with Gasteiger partial charge in [0.15, 0.2) is 5.82 Å². The number of likely N-dealkylation sites (N-methyl/N-ethyl adjacent to an activating group) is 1. The van der Waals surface area contributed by atoms with Crippen LogP contribution >= 0.6 is 0 Å². The number of hydrogen-bond acceptors (Lipinski definition) is 5. The molecule has 0 fully saturated rings. The number of fused-ring (bicyclic) bond motifs is 1. The SMILES string of the molecule is CCN(CC)CCN(CC(=O)Nc1cc(C)on1)C(=O)c1ccc2ccccc2c1. The third-order valence-electron chi connectivity index (χ3n) is 5.09. The Morgan fingerprint density at radius 2 is 1.73 bits per heavy atom. The molecule has 30 heavy (non-hydrogen) atoms. The van der Waals surface area contributed by atoms with Crippen LogP contribution in [0.25, 0.3) is 10.8 Å². The van der Waals surface area contributed by atoms with Crippen LogP contribution in [0, 0.1) is 6.92 Å². The van der Waals surface area contributed by atoms with Crippen LogP contribution in [-0.4, -0.2) is 59.5 Å². The molecule has 3 rings (SSSR count). The molecule has 2 amide bonds. The second kappa shape index (κ2) is 10.0. The first-order valence-corrected chi connectivity index (χ1v) is 10.2. The number of anilines is 1. The van der Waals surface area contributed by atoms with Gasteiger partial charge in [-0.25, -0.2) is 0 Å². The lowest BCUT2D eigenvalue weighted by atomic mass is 10.1. The molecular formula is C23H28N4O3. The molecule has 0 saturated heterocycles. The Bertz CT molecular complexity index is 1010. The molecule has 0 unspecified atom stereocenters. The van der Waals surface area contributed by atoms with Gasteiger partial charge in [-0.2, -0.15) is 0 Å². The van der Waals surface area contributed by atoms with Crippen LogP contribution in [0.3, 0.4) is 0 Å². The molecule has 158 valence electrons. The van der Waals surface area contributed by atoms with E-state index in [1.807, 2.05) is 42.5 Å². The number of nitrogens with zero attached hydrogens (tertiary/aromatic N) is 3. The quantitative estimate of drug-likeness (QED) is 0.586. The molecule has 3 aromatic rings. The molecule has 2 aromatic carbocycles. The van der Waals surface area contributed by atoms with Crippen LogP contribution < -0.4 is 5.32 Å². The summed E-state index contributed by atoms with van der Waals surface area (Å²) in [5, 5.41) is 8.54. The maximum atomic E-state index is 13.3. The fraction of sp³-hybridized carbons (Fsp3) is 0.348. The number of nitrogens with one attached hydrogen (secondary N) is 1. The fourth-order valence-corrected chi connectivity index (χ4v) is 3.34. The monoisotopic (exact) mass is 408 g/mol. The van der Waals surface area contributed by atoms with E-state index in [2.05, 4.69) is 29.2 Å². The van der Waals surface area contributed by atoms with Crippen molar-refractivity contribution in [1.29, 1.82) is 0 Å². The van der Waals surface area contributed by atoms with Crippen molar-refractivity contribution in [3.8, 4) is 0 Å². The number of hydrogen-bond donors (Lipinski definition) is 1. The zero-order chi connectivity index (χ0) is 21.5. The second-order valence-corrected chi connectivity index (χ2v) is 7.19. The molecule has 7 nitrogen and oxygen atoms in total. The lowest BCUT2D eigenvalue weighted by Gasteiger charge is -2.26. The summed E-state index contributed by atoms with van der Waals surface area (Å²) in [6, 6.07) is 15.2. The zero-order valence-electron chi connectivity index (χ0n) is 17.7. The molecule has 0 radical (unpaired) electrons. The van der Waals surface area contributed by atoms with Crippen LogP contribution in [0.2, 0.25) is 0 Å². The van der Waals surface area contributed by atoms with Crippen molar-refractivity contribution in [2.24, 2.45) is 0 Å². The highest BCUT2D eigenvalue weighted by Crippen LogP contribution is 2.17. The van der Waals surface area contributed by atoms with E-state index >= 15 is 0 Å². The third kappa shape index (κ3) is 5.45. The molecule has 0 saturated carbocycles. The highest BCUT2D eigenvalue weighted by Gasteiger charge is 2.20. The number of benzene rings is 2. The van der Waals surface area contributed by atoms with Crippen LogP contribution in [0.1, 0.15) is 30.0 Å². The van der Waals surface area contributed by atoms with Gasteiger partial charge in [0, 0.05) is 24.7 Å². The van der Waals surface area contributed by atoms with Crippen molar-refractivity contribution >= 4 is 28.4 Å². The minimum atomic E-state index is -0.308. The summed E-state index contributed by atoms with van der Waals surface area (Å²) < 4.78 is 4.98.